The van der Waals surface area contributed by atoms with Gasteiger partial charge in [-0.25, -0.2) is 4.98 Å². The molecule has 1 fully saturated rings. The van der Waals surface area contributed by atoms with Gasteiger partial charge in [0.1, 0.15) is 17.8 Å². The number of aromatic amines is 1. The molecule has 1 N–H and O–H groups in total. The van der Waals surface area contributed by atoms with E-state index in [9.17, 15) is 9.59 Å². The second kappa shape index (κ2) is 7.92. The van der Waals surface area contributed by atoms with Crippen molar-refractivity contribution < 1.29 is 4.79 Å². The number of rotatable bonds is 5. The number of aryl methyl sites for hydroxylation is 2. The van der Waals surface area contributed by atoms with E-state index in [1.807, 2.05) is 40.8 Å². The highest BCUT2D eigenvalue weighted by molar-refractivity contribution is 5.77. The lowest BCUT2D eigenvalue weighted by Gasteiger charge is -2.31. The molecule has 146 valence electrons. The van der Waals surface area contributed by atoms with Crippen LogP contribution in [-0.4, -0.2) is 48.6 Å². The van der Waals surface area contributed by atoms with Gasteiger partial charge in [-0.05, 0) is 30.9 Å². The fourth-order valence-corrected chi connectivity index (χ4v) is 3.76. The zero-order valence-electron chi connectivity index (χ0n) is 16.0. The Kier molecular flexibility index (Phi) is 5.18. The van der Waals surface area contributed by atoms with E-state index in [0.29, 0.717) is 30.0 Å². The fraction of sp³-hybridized carbons (Fsp3) is 0.450. The van der Waals surface area contributed by atoms with E-state index in [2.05, 4.69) is 20.2 Å². The highest BCUT2D eigenvalue weighted by atomic mass is 16.2. The van der Waals surface area contributed by atoms with Crippen LogP contribution in [0.1, 0.15) is 30.8 Å². The van der Waals surface area contributed by atoms with Crippen LogP contribution in [-0.2, 0) is 24.7 Å². The molecule has 0 spiro atoms. The molecule has 2 aromatic heterocycles. The number of benzene rings is 1. The number of nitrogens with one attached hydrogen (secondary N) is 1. The minimum atomic E-state index is -0.214. The smallest absolute Gasteiger partial charge is 0.270 e. The summed E-state index contributed by atoms with van der Waals surface area (Å²) >= 11 is 0. The molecule has 3 aromatic rings. The standard InChI is InChI=1S/C20H24N6O2/c1-25-13-21-24-18(25)12-14-8-10-26(11-9-14)19(27)7-6-17-20(28)23-16-5-3-2-4-15(16)22-17/h2-5,13-14H,6-12H2,1H3,(H,23,28). The zero-order valence-corrected chi connectivity index (χ0v) is 16.0. The maximum absolute atomic E-state index is 12.6. The van der Waals surface area contributed by atoms with Gasteiger partial charge < -0.3 is 14.5 Å². The molecular weight excluding hydrogens is 356 g/mol. The van der Waals surface area contributed by atoms with Crippen LogP contribution in [0.25, 0.3) is 11.0 Å². The van der Waals surface area contributed by atoms with Gasteiger partial charge in [-0.15, -0.1) is 10.2 Å². The van der Waals surface area contributed by atoms with E-state index in [0.717, 1.165) is 43.7 Å². The van der Waals surface area contributed by atoms with Crippen LogP contribution in [0.5, 0.6) is 0 Å². The Morgan fingerprint density at radius 1 is 1.25 bits per heavy atom. The molecule has 28 heavy (non-hydrogen) atoms. The highest BCUT2D eigenvalue weighted by Gasteiger charge is 2.24. The molecule has 1 saturated heterocycles. The lowest BCUT2D eigenvalue weighted by atomic mass is 9.93. The van der Waals surface area contributed by atoms with Crippen molar-refractivity contribution in [3.63, 3.8) is 0 Å². The van der Waals surface area contributed by atoms with Crippen LogP contribution in [0.3, 0.4) is 0 Å². The number of hydrogen-bond acceptors (Lipinski definition) is 5. The van der Waals surface area contributed by atoms with Gasteiger partial charge in [0.25, 0.3) is 5.56 Å². The van der Waals surface area contributed by atoms with Gasteiger partial charge in [0, 0.05) is 39.4 Å². The summed E-state index contributed by atoms with van der Waals surface area (Å²) < 4.78 is 1.95. The van der Waals surface area contributed by atoms with E-state index < -0.39 is 0 Å². The molecule has 8 heteroatoms. The lowest BCUT2D eigenvalue weighted by molar-refractivity contribution is -0.132. The van der Waals surface area contributed by atoms with Gasteiger partial charge in [-0.3, -0.25) is 9.59 Å². The summed E-state index contributed by atoms with van der Waals surface area (Å²) in [5, 5.41) is 8.07. The van der Waals surface area contributed by atoms with E-state index in [4.69, 9.17) is 0 Å². The predicted molar refractivity (Wildman–Crippen MR) is 105 cm³/mol. The Bertz CT molecular complexity index is 1030. The summed E-state index contributed by atoms with van der Waals surface area (Å²) in [6, 6.07) is 7.42. The molecule has 4 rings (SSSR count). The van der Waals surface area contributed by atoms with E-state index in [1.54, 1.807) is 6.33 Å². The van der Waals surface area contributed by atoms with Crippen molar-refractivity contribution in [2.45, 2.75) is 32.1 Å². The molecule has 1 aliphatic heterocycles. The number of aromatic nitrogens is 5. The Hall–Kier alpha value is -3.03. The van der Waals surface area contributed by atoms with E-state index in [1.165, 1.54) is 0 Å². The summed E-state index contributed by atoms with van der Waals surface area (Å²) in [6.07, 6.45) is 5.21. The number of piperidine rings is 1. The number of amides is 1. The van der Waals surface area contributed by atoms with Crippen LogP contribution < -0.4 is 5.56 Å². The third kappa shape index (κ3) is 3.95. The first-order valence-corrected chi connectivity index (χ1v) is 9.69. The van der Waals surface area contributed by atoms with Gasteiger partial charge in [-0.1, -0.05) is 12.1 Å². The predicted octanol–water partition coefficient (Wildman–Crippen LogP) is 1.47. The second-order valence-electron chi connectivity index (χ2n) is 7.42. The van der Waals surface area contributed by atoms with Gasteiger partial charge in [-0.2, -0.15) is 0 Å². The number of likely N-dealkylation sites (tertiary alicyclic amines) is 1. The number of fused-ring (bicyclic) bond motifs is 1. The Morgan fingerprint density at radius 2 is 2.04 bits per heavy atom. The maximum atomic E-state index is 12.6. The molecule has 0 aliphatic carbocycles. The van der Waals surface area contributed by atoms with Crippen molar-refractivity contribution >= 4 is 16.9 Å². The molecule has 0 unspecified atom stereocenters. The zero-order chi connectivity index (χ0) is 19.5. The first-order valence-electron chi connectivity index (χ1n) is 9.69. The Morgan fingerprint density at radius 3 is 2.79 bits per heavy atom. The van der Waals surface area contributed by atoms with Gasteiger partial charge >= 0.3 is 0 Å². The average molecular weight is 380 g/mol. The third-order valence-corrected chi connectivity index (χ3v) is 5.49. The largest absolute Gasteiger partial charge is 0.343 e. The summed E-state index contributed by atoms with van der Waals surface area (Å²) in [5.74, 6) is 1.61. The number of para-hydroxylation sites is 2. The average Bonchev–Trinajstić information content (AvgIpc) is 3.11. The van der Waals surface area contributed by atoms with Gasteiger partial charge in [0.2, 0.25) is 5.91 Å². The van der Waals surface area contributed by atoms with Crippen molar-refractivity contribution in [3.8, 4) is 0 Å². The highest BCUT2D eigenvalue weighted by Crippen LogP contribution is 2.21. The Balaban J connectivity index is 1.31. The molecule has 0 bridgehead atoms. The van der Waals surface area contributed by atoms with Crippen molar-refractivity contribution in [1.82, 2.24) is 29.6 Å². The summed E-state index contributed by atoms with van der Waals surface area (Å²) in [5.41, 5.74) is 1.67. The number of carbonyl (C=O) groups excluding carboxylic acids is 1. The topological polar surface area (TPSA) is 96.8 Å². The van der Waals surface area contributed by atoms with Crippen LogP contribution >= 0.6 is 0 Å². The molecule has 0 radical (unpaired) electrons. The van der Waals surface area contributed by atoms with Crippen LogP contribution in [0, 0.1) is 5.92 Å². The van der Waals surface area contributed by atoms with Crippen LogP contribution in [0.15, 0.2) is 35.4 Å². The second-order valence-corrected chi connectivity index (χ2v) is 7.42. The van der Waals surface area contributed by atoms with Crippen LogP contribution in [0.2, 0.25) is 0 Å². The summed E-state index contributed by atoms with van der Waals surface area (Å²) in [4.78, 5) is 33.9. The summed E-state index contributed by atoms with van der Waals surface area (Å²) in [6.45, 7) is 1.51. The van der Waals surface area contributed by atoms with Gasteiger partial charge in [0.05, 0.1) is 11.0 Å². The molecule has 1 aromatic carbocycles. The normalized spacial score (nSPS) is 15.2. The van der Waals surface area contributed by atoms with E-state index in [-0.39, 0.29) is 11.5 Å². The van der Waals surface area contributed by atoms with Crippen molar-refractivity contribution in [1.29, 1.82) is 0 Å². The van der Waals surface area contributed by atoms with Crippen LogP contribution in [0.4, 0.5) is 0 Å². The number of nitrogens with zero attached hydrogens (tertiary/aromatic N) is 5. The number of hydrogen-bond donors (Lipinski definition) is 1. The minimum absolute atomic E-state index is 0.0893. The molecule has 3 heterocycles. The quantitative estimate of drug-likeness (QED) is 0.723. The van der Waals surface area contributed by atoms with Crippen molar-refractivity contribution in [3.05, 3.63) is 52.5 Å². The molecule has 0 saturated carbocycles. The molecule has 1 aliphatic rings. The maximum Gasteiger partial charge on any atom is 0.270 e. The van der Waals surface area contributed by atoms with E-state index >= 15 is 0 Å². The molecule has 1 amide bonds. The summed E-state index contributed by atoms with van der Waals surface area (Å²) in [7, 11) is 1.95. The van der Waals surface area contributed by atoms with Crippen molar-refractivity contribution in [2.75, 3.05) is 13.1 Å². The first-order chi connectivity index (χ1) is 13.6. The SMILES string of the molecule is Cn1cnnc1CC1CCN(C(=O)CCc2nc3ccccc3[nH]c2=O)CC1. The third-order valence-electron chi connectivity index (χ3n) is 5.49. The molecule has 8 nitrogen and oxygen atoms in total. The Labute approximate surface area is 162 Å². The number of H-pyrrole nitrogens is 1. The van der Waals surface area contributed by atoms with Crippen molar-refractivity contribution in [2.24, 2.45) is 13.0 Å². The molecule has 0 atom stereocenters. The number of carbonyl (C=O) groups is 1. The fourth-order valence-electron chi connectivity index (χ4n) is 3.76. The molecular formula is C20H24N6O2. The first kappa shape index (κ1) is 18.3. The minimum Gasteiger partial charge on any atom is -0.343 e. The van der Waals surface area contributed by atoms with Gasteiger partial charge in [0.15, 0.2) is 0 Å². The lowest BCUT2D eigenvalue weighted by Crippen LogP contribution is -2.39. The monoisotopic (exact) mass is 380 g/mol.